The Morgan fingerprint density at radius 3 is 2.34 bits per heavy atom. The molecule has 2 N–H and O–H groups in total. The number of hydrogen-bond acceptors (Lipinski definition) is 3. The number of allylic oxidation sites excluding steroid dienone is 3. The highest BCUT2D eigenvalue weighted by Crippen LogP contribution is 2.43. The summed E-state index contributed by atoms with van der Waals surface area (Å²) >= 11 is 18.2. The zero-order valence-corrected chi connectivity index (χ0v) is 19.1. The molecule has 1 aromatic rings. The Hall–Kier alpha value is -1.74. The van der Waals surface area contributed by atoms with Crippen LogP contribution in [0.4, 0.5) is 13.2 Å². The van der Waals surface area contributed by atoms with E-state index in [1.54, 1.807) is 18.2 Å². The molecule has 1 fully saturated rings. The lowest BCUT2D eigenvalue weighted by atomic mass is 9.85. The molecule has 2 amide bonds. The van der Waals surface area contributed by atoms with Crippen LogP contribution in [-0.2, 0) is 16.0 Å². The van der Waals surface area contributed by atoms with Crippen molar-refractivity contribution in [2.24, 2.45) is 11.7 Å². The summed E-state index contributed by atoms with van der Waals surface area (Å²) in [6, 6.07) is 4.04. The van der Waals surface area contributed by atoms with E-state index in [1.807, 2.05) is 0 Å². The van der Waals surface area contributed by atoms with Crippen LogP contribution in [0.3, 0.4) is 0 Å². The van der Waals surface area contributed by atoms with Crippen LogP contribution in [0, 0.1) is 5.92 Å². The maximum absolute atomic E-state index is 13.4. The van der Waals surface area contributed by atoms with Crippen LogP contribution in [0.1, 0.15) is 5.56 Å². The molecule has 1 aliphatic heterocycles. The van der Waals surface area contributed by atoms with Gasteiger partial charge in [-0.05, 0) is 24.1 Å². The molecule has 0 spiro atoms. The highest BCUT2D eigenvalue weighted by atomic mass is 35.5. The van der Waals surface area contributed by atoms with Crippen molar-refractivity contribution in [2.75, 3.05) is 26.2 Å². The van der Waals surface area contributed by atoms with Gasteiger partial charge in [-0.15, -0.1) is 11.6 Å². The summed E-state index contributed by atoms with van der Waals surface area (Å²) in [5, 5.41) is 0.866. The second-order valence-corrected chi connectivity index (χ2v) is 9.16. The van der Waals surface area contributed by atoms with Gasteiger partial charge in [-0.25, -0.2) is 0 Å². The molecular formula is C21H21Cl3F3N3O2. The first-order valence-corrected chi connectivity index (χ1v) is 11.0. The Labute approximate surface area is 198 Å². The summed E-state index contributed by atoms with van der Waals surface area (Å²) in [6.07, 6.45) is 0.0180. The van der Waals surface area contributed by atoms with Gasteiger partial charge in [-0.2, -0.15) is 13.2 Å². The number of carbonyl (C=O) groups excluding carboxylic acids is 2. The molecule has 0 bridgehead atoms. The van der Waals surface area contributed by atoms with Gasteiger partial charge in [-0.3, -0.25) is 9.59 Å². The third-order valence-corrected chi connectivity index (χ3v) is 6.65. The number of piperazine rings is 1. The molecule has 32 heavy (non-hydrogen) atoms. The van der Waals surface area contributed by atoms with Crippen LogP contribution in [0.2, 0.25) is 10.0 Å². The Morgan fingerprint density at radius 2 is 1.75 bits per heavy atom. The number of alkyl halides is 4. The summed E-state index contributed by atoms with van der Waals surface area (Å²) in [4.78, 5) is 26.1. The minimum Gasteiger partial charge on any atom is -0.338 e. The quantitative estimate of drug-likeness (QED) is 0.627. The minimum absolute atomic E-state index is 0.0512. The molecule has 0 radical (unpaired) electrons. The highest BCUT2D eigenvalue weighted by Gasteiger charge is 2.56. The van der Waals surface area contributed by atoms with Crippen molar-refractivity contribution in [3.05, 3.63) is 58.1 Å². The van der Waals surface area contributed by atoms with E-state index in [2.05, 4.69) is 0 Å². The molecule has 3 unspecified atom stereocenters. The Kier molecular flexibility index (Phi) is 7.49. The van der Waals surface area contributed by atoms with Crippen molar-refractivity contribution in [1.29, 1.82) is 0 Å². The number of amides is 2. The van der Waals surface area contributed by atoms with Gasteiger partial charge < -0.3 is 15.5 Å². The smallest absolute Gasteiger partial charge is 0.338 e. The van der Waals surface area contributed by atoms with Crippen molar-refractivity contribution in [3.8, 4) is 0 Å². The lowest BCUT2D eigenvalue weighted by Crippen LogP contribution is -2.59. The van der Waals surface area contributed by atoms with Crippen LogP contribution in [0.25, 0.3) is 0 Å². The lowest BCUT2D eigenvalue weighted by molar-refractivity contribution is -0.174. The molecule has 1 aliphatic carbocycles. The van der Waals surface area contributed by atoms with Crippen LogP contribution in [0.15, 0.2) is 42.5 Å². The highest BCUT2D eigenvalue weighted by molar-refractivity contribution is 6.37. The van der Waals surface area contributed by atoms with E-state index in [0.717, 1.165) is 12.2 Å². The molecule has 1 saturated heterocycles. The Balaban J connectivity index is 1.61. The lowest BCUT2D eigenvalue weighted by Gasteiger charge is -2.41. The van der Waals surface area contributed by atoms with E-state index in [0.29, 0.717) is 15.6 Å². The maximum Gasteiger partial charge on any atom is 0.397 e. The summed E-state index contributed by atoms with van der Waals surface area (Å²) in [6.45, 7) is 0.372. The van der Waals surface area contributed by atoms with Crippen molar-refractivity contribution in [1.82, 2.24) is 9.80 Å². The van der Waals surface area contributed by atoms with E-state index < -0.39 is 28.9 Å². The molecule has 3 atom stereocenters. The van der Waals surface area contributed by atoms with E-state index in [4.69, 9.17) is 40.5 Å². The van der Waals surface area contributed by atoms with Crippen LogP contribution < -0.4 is 5.73 Å². The minimum atomic E-state index is -4.67. The average molecular weight is 511 g/mol. The van der Waals surface area contributed by atoms with Crippen molar-refractivity contribution < 1.29 is 22.8 Å². The van der Waals surface area contributed by atoms with E-state index in [9.17, 15) is 22.8 Å². The van der Waals surface area contributed by atoms with Gasteiger partial charge in [0.1, 0.15) is 5.92 Å². The van der Waals surface area contributed by atoms with E-state index >= 15 is 0 Å². The van der Waals surface area contributed by atoms with Crippen LogP contribution in [0.5, 0.6) is 0 Å². The first kappa shape index (κ1) is 24.9. The summed E-state index contributed by atoms with van der Waals surface area (Å²) < 4.78 is 40.3. The Morgan fingerprint density at radius 1 is 1.12 bits per heavy atom. The molecule has 2 aliphatic rings. The fourth-order valence-corrected chi connectivity index (χ4v) is 4.66. The molecule has 1 aromatic carbocycles. The van der Waals surface area contributed by atoms with Gasteiger partial charge in [0, 0.05) is 36.2 Å². The van der Waals surface area contributed by atoms with Gasteiger partial charge in [-0.1, -0.05) is 53.6 Å². The molecule has 0 saturated carbocycles. The predicted molar refractivity (Wildman–Crippen MR) is 118 cm³/mol. The number of rotatable bonds is 4. The van der Waals surface area contributed by atoms with Crippen molar-refractivity contribution in [2.45, 2.75) is 23.5 Å². The van der Waals surface area contributed by atoms with Crippen LogP contribution in [-0.4, -0.2) is 64.9 Å². The zero-order chi connectivity index (χ0) is 23.7. The second kappa shape index (κ2) is 9.63. The normalized spacial score (nSPS) is 24.5. The van der Waals surface area contributed by atoms with Crippen LogP contribution >= 0.6 is 34.8 Å². The summed E-state index contributed by atoms with van der Waals surface area (Å²) in [7, 11) is 0. The van der Waals surface area contributed by atoms with Gasteiger partial charge in [0.2, 0.25) is 11.8 Å². The predicted octanol–water partition coefficient (Wildman–Crippen LogP) is 3.82. The third-order valence-electron chi connectivity index (χ3n) is 5.54. The Bertz CT molecular complexity index is 946. The molecular weight excluding hydrogens is 490 g/mol. The molecule has 11 heteroatoms. The summed E-state index contributed by atoms with van der Waals surface area (Å²) in [5.74, 6) is -3.31. The summed E-state index contributed by atoms with van der Waals surface area (Å²) in [5.41, 5.74) is 6.73. The molecule has 1 heterocycles. The number of benzene rings is 1. The second-order valence-electron chi connectivity index (χ2n) is 7.70. The molecule has 0 aromatic heterocycles. The number of halogens is 6. The monoisotopic (exact) mass is 509 g/mol. The fourth-order valence-electron chi connectivity index (χ4n) is 3.78. The topological polar surface area (TPSA) is 66.6 Å². The number of hydrogen-bond donors (Lipinski definition) is 1. The van der Waals surface area contributed by atoms with Crippen molar-refractivity contribution >= 4 is 46.6 Å². The maximum atomic E-state index is 13.4. The molecule has 5 nitrogen and oxygen atoms in total. The van der Waals surface area contributed by atoms with Gasteiger partial charge in [0.05, 0.1) is 6.04 Å². The number of nitrogens with zero attached hydrogens (tertiary/aromatic N) is 2. The largest absolute Gasteiger partial charge is 0.397 e. The SMILES string of the molecule is NC(Cc1ccc(Cl)cc1Cl)C(=O)N1CCN(C(=O)C2(Cl)C=CC=CC2C(F)(F)F)CC1. The first-order chi connectivity index (χ1) is 14.9. The third kappa shape index (κ3) is 5.25. The molecule has 3 rings (SSSR count). The van der Waals surface area contributed by atoms with Gasteiger partial charge in [0.15, 0.2) is 4.87 Å². The van der Waals surface area contributed by atoms with Gasteiger partial charge >= 0.3 is 6.18 Å². The number of nitrogens with two attached hydrogens (primary N) is 1. The van der Waals surface area contributed by atoms with E-state index in [1.165, 1.54) is 22.0 Å². The van der Waals surface area contributed by atoms with E-state index in [-0.39, 0.29) is 38.5 Å². The average Bonchev–Trinajstić information content (AvgIpc) is 2.74. The molecule has 174 valence electrons. The number of carbonyl (C=O) groups is 2. The standard InChI is InChI=1S/C21H21Cl3F3N3O2/c22-14-5-4-13(15(23)12-14)11-16(28)18(31)29-7-9-30(10-8-29)19(32)20(24)6-2-1-3-17(20)21(25,26)27/h1-6,12,16-17H,7-11,28H2. The van der Waals surface area contributed by atoms with Gasteiger partial charge in [0.25, 0.3) is 0 Å². The first-order valence-electron chi connectivity index (χ1n) is 9.83. The van der Waals surface area contributed by atoms with Crippen molar-refractivity contribution in [3.63, 3.8) is 0 Å². The zero-order valence-electron chi connectivity index (χ0n) is 16.8. The fraction of sp³-hybridized carbons (Fsp3) is 0.429.